The van der Waals surface area contributed by atoms with Gasteiger partial charge in [-0.05, 0) is 39.8 Å². The minimum absolute atomic E-state index is 0.0994. The Bertz CT molecular complexity index is 664. The van der Waals surface area contributed by atoms with Gasteiger partial charge in [0.1, 0.15) is 24.0 Å². The summed E-state index contributed by atoms with van der Waals surface area (Å²) in [4.78, 5) is 24.5. The summed E-state index contributed by atoms with van der Waals surface area (Å²) in [6, 6.07) is 3.03. The molecule has 0 bridgehead atoms. The number of hydrogen-bond acceptors (Lipinski definition) is 6. The molecule has 4 N–H and O–H groups in total. The molecule has 0 saturated heterocycles. The minimum Gasteiger partial charge on any atom is -0.384 e. The van der Waals surface area contributed by atoms with Crippen LogP contribution in [0.4, 0.5) is 11.6 Å². The Balaban J connectivity index is 2.22. The van der Waals surface area contributed by atoms with E-state index < -0.39 is 6.04 Å². The molecule has 1 atom stereocenters. The number of nitrogens with one attached hydrogen (secondary N) is 2. The van der Waals surface area contributed by atoms with Crippen LogP contribution in [0.3, 0.4) is 0 Å². The van der Waals surface area contributed by atoms with Gasteiger partial charge in [-0.1, -0.05) is 0 Å². The first-order chi connectivity index (χ1) is 9.76. The maximum atomic E-state index is 12.1. The Morgan fingerprint density at radius 2 is 2.00 bits per heavy atom. The molecule has 1 amide bonds. The highest BCUT2D eigenvalue weighted by molar-refractivity contribution is 5.91. The van der Waals surface area contributed by atoms with Crippen LogP contribution < -0.4 is 16.4 Å². The van der Waals surface area contributed by atoms with Gasteiger partial charge < -0.3 is 16.4 Å². The fraction of sp³-hybridized carbons (Fsp3) is 0.429. The van der Waals surface area contributed by atoms with Crippen LogP contribution in [0, 0.1) is 0 Å². The molecule has 0 spiro atoms. The van der Waals surface area contributed by atoms with Gasteiger partial charge >= 0.3 is 0 Å². The first-order valence-electron chi connectivity index (χ1n) is 6.72. The number of aromatic nitrogens is 3. The second-order valence-corrected chi connectivity index (χ2v) is 5.93. The third-order valence-corrected chi connectivity index (χ3v) is 2.76. The van der Waals surface area contributed by atoms with Crippen LogP contribution in [-0.2, 0) is 4.79 Å². The Hall–Kier alpha value is -2.44. The molecule has 0 fully saturated rings. The molecule has 2 aromatic heterocycles. The summed E-state index contributed by atoms with van der Waals surface area (Å²) in [5, 5.41) is 6.72. The summed E-state index contributed by atoms with van der Waals surface area (Å²) < 4.78 is 0. The molecule has 21 heavy (non-hydrogen) atoms. The zero-order chi connectivity index (χ0) is 15.6. The summed E-state index contributed by atoms with van der Waals surface area (Å²) in [7, 11) is 0. The molecule has 2 heterocycles. The van der Waals surface area contributed by atoms with E-state index in [0.29, 0.717) is 17.3 Å². The average Bonchev–Trinajstić information content (AvgIpc) is 2.36. The van der Waals surface area contributed by atoms with Gasteiger partial charge in [-0.15, -0.1) is 0 Å². The molecule has 0 saturated carbocycles. The van der Waals surface area contributed by atoms with E-state index in [9.17, 15) is 4.79 Å². The number of nitrogens with two attached hydrogens (primary N) is 1. The molecular weight excluding hydrogens is 268 g/mol. The van der Waals surface area contributed by atoms with E-state index in [0.717, 1.165) is 5.39 Å². The molecule has 0 aromatic carbocycles. The molecule has 0 aliphatic carbocycles. The number of carbonyl (C=O) groups excluding carboxylic acids is 1. The first kappa shape index (κ1) is 15.0. The highest BCUT2D eigenvalue weighted by atomic mass is 16.2. The lowest BCUT2D eigenvalue weighted by atomic mass is 10.1. The summed E-state index contributed by atoms with van der Waals surface area (Å²) >= 11 is 0. The highest BCUT2D eigenvalue weighted by Gasteiger charge is 2.20. The second-order valence-electron chi connectivity index (χ2n) is 5.93. The summed E-state index contributed by atoms with van der Waals surface area (Å²) in [5.41, 5.74) is 5.85. The summed E-state index contributed by atoms with van der Waals surface area (Å²) in [5.74, 6) is 0.854. The third-order valence-electron chi connectivity index (χ3n) is 2.76. The molecule has 0 aliphatic heterocycles. The number of nitrogens with zero attached hydrogens (tertiary/aromatic N) is 3. The number of carbonyl (C=O) groups is 1. The van der Waals surface area contributed by atoms with Crippen LogP contribution in [-0.4, -0.2) is 32.4 Å². The van der Waals surface area contributed by atoms with Crippen LogP contribution in [0.15, 0.2) is 18.5 Å². The lowest BCUT2D eigenvalue weighted by Gasteiger charge is -2.24. The zero-order valence-electron chi connectivity index (χ0n) is 12.6. The van der Waals surface area contributed by atoms with E-state index in [2.05, 4.69) is 25.6 Å². The SMILES string of the molecule is CC(Nc1ncnc2nc(N)ccc12)C(=O)NC(C)(C)C. The maximum Gasteiger partial charge on any atom is 0.242 e. The number of pyridine rings is 1. The van der Waals surface area contributed by atoms with Crippen molar-refractivity contribution in [2.45, 2.75) is 39.3 Å². The van der Waals surface area contributed by atoms with Gasteiger partial charge in [-0.2, -0.15) is 0 Å². The number of amides is 1. The number of anilines is 2. The molecule has 7 nitrogen and oxygen atoms in total. The van der Waals surface area contributed by atoms with Crippen molar-refractivity contribution < 1.29 is 4.79 Å². The van der Waals surface area contributed by atoms with Gasteiger partial charge in [0.25, 0.3) is 0 Å². The highest BCUT2D eigenvalue weighted by Crippen LogP contribution is 2.19. The Morgan fingerprint density at radius 3 is 2.67 bits per heavy atom. The maximum absolute atomic E-state index is 12.1. The largest absolute Gasteiger partial charge is 0.384 e. The van der Waals surface area contributed by atoms with E-state index in [-0.39, 0.29) is 11.4 Å². The standard InChI is InChI=1S/C14H20N6O/c1-8(13(21)20-14(2,3)4)18-11-9-5-6-10(15)19-12(9)17-7-16-11/h5-8H,1-4H3,(H,20,21)(H3,15,16,17,18,19). The Morgan fingerprint density at radius 1 is 1.29 bits per heavy atom. The zero-order valence-corrected chi connectivity index (χ0v) is 12.6. The van der Waals surface area contributed by atoms with Gasteiger partial charge in [-0.25, -0.2) is 15.0 Å². The van der Waals surface area contributed by atoms with E-state index in [1.54, 1.807) is 19.1 Å². The monoisotopic (exact) mass is 288 g/mol. The van der Waals surface area contributed by atoms with Crippen molar-refractivity contribution in [1.29, 1.82) is 0 Å². The van der Waals surface area contributed by atoms with Gasteiger partial charge in [0.2, 0.25) is 5.91 Å². The lowest BCUT2D eigenvalue weighted by Crippen LogP contribution is -2.47. The lowest BCUT2D eigenvalue weighted by molar-refractivity contribution is -0.122. The van der Waals surface area contributed by atoms with Gasteiger partial charge in [-0.3, -0.25) is 4.79 Å². The van der Waals surface area contributed by atoms with Gasteiger partial charge in [0.15, 0.2) is 5.65 Å². The second kappa shape index (κ2) is 5.51. The summed E-state index contributed by atoms with van der Waals surface area (Å²) in [6.45, 7) is 7.58. The minimum atomic E-state index is -0.431. The van der Waals surface area contributed by atoms with Crippen LogP contribution in [0.1, 0.15) is 27.7 Å². The predicted molar refractivity (Wildman–Crippen MR) is 82.7 cm³/mol. The van der Waals surface area contributed by atoms with E-state index >= 15 is 0 Å². The van der Waals surface area contributed by atoms with Crippen LogP contribution in [0.5, 0.6) is 0 Å². The van der Waals surface area contributed by atoms with Crippen molar-refractivity contribution >= 4 is 28.6 Å². The molecule has 0 aliphatic rings. The number of hydrogen-bond donors (Lipinski definition) is 3. The smallest absolute Gasteiger partial charge is 0.242 e. The van der Waals surface area contributed by atoms with Crippen LogP contribution >= 0.6 is 0 Å². The number of fused-ring (bicyclic) bond motifs is 1. The molecular formula is C14H20N6O. The van der Waals surface area contributed by atoms with Crippen molar-refractivity contribution in [2.75, 3.05) is 11.1 Å². The van der Waals surface area contributed by atoms with Crippen molar-refractivity contribution in [3.63, 3.8) is 0 Å². The van der Waals surface area contributed by atoms with Gasteiger partial charge in [0.05, 0.1) is 5.39 Å². The van der Waals surface area contributed by atoms with E-state index in [4.69, 9.17) is 5.73 Å². The Labute approximate surface area is 123 Å². The van der Waals surface area contributed by atoms with Crippen LogP contribution in [0.25, 0.3) is 11.0 Å². The average molecular weight is 288 g/mol. The summed E-state index contributed by atoms with van der Waals surface area (Å²) in [6.07, 6.45) is 1.39. The molecule has 7 heteroatoms. The molecule has 112 valence electrons. The van der Waals surface area contributed by atoms with Crippen molar-refractivity contribution in [2.24, 2.45) is 0 Å². The normalized spacial score (nSPS) is 13.0. The fourth-order valence-corrected chi connectivity index (χ4v) is 1.82. The molecule has 2 aromatic rings. The van der Waals surface area contributed by atoms with E-state index in [1.807, 2.05) is 20.8 Å². The third kappa shape index (κ3) is 3.77. The number of rotatable bonds is 3. The molecule has 0 radical (unpaired) electrons. The molecule has 2 rings (SSSR count). The van der Waals surface area contributed by atoms with Gasteiger partial charge in [0, 0.05) is 5.54 Å². The van der Waals surface area contributed by atoms with Crippen molar-refractivity contribution in [3.05, 3.63) is 18.5 Å². The number of nitrogen functional groups attached to an aromatic ring is 1. The van der Waals surface area contributed by atoms with Crippen LogP contribution in [0.2, 0.25) is 0 Å². The van der Waals surface area contributed by atoms with Crippen molar-refractivity contribution in [1.82, 2.24) is 20.3 Å². The molecule has 1 unspecified atom stereocenters. The Kier molecular flexibility index (Phi) is 3.93. The quantitative estimate of drug-likeness (QED) is 0.786. The van der Waals surface area contributed by atoms with E-state index in [1.165, 1.54) is 6.33 Å². The topological polar surface area (TPSA) is 106 Å². The predicted octanol–water partition coefficient (Wildman–Crippen LogP) is 1.32. The van der Waals surface area contributed by atoms with Crippen molar-refractivity contribution in [3.8, 4) is 0 Å². The fourth-order valence-electron chi connectivity index (χ4n) is 1.82. The first-order valence-corrected chi connectivity index (χ1v) is 6.72.